The van der Waals surface area contributed by atoms with Gasteiger partial charge >= 0.3 is 5.97 Å². The van der Waals surface area contributed by atoms with Crippen molar-refractivity contribution in [1.82, 2.24) is 4.90 Å². The van der Waals surface area contributed by atoms with Crippen molar-refractivity contribution in [2.75, 3.05) is 26.3 Å². The van der Waals surface area contributed by atoms with E-state index in [1.165, 1.54) is 30.3 Å². The van der Waals surface area contributed by atoms with E-state index in [9.17, 15) is 18.7 Å². The molecule has 0 radical (unpaired) electrons. The first-order chi connectivity index (χ1) is 18.7. The second kappa shape index (κ2) is 11.2. The maximum atomic E-state index is 15.9. The molecule has 3 nitrogen and oxygen atoms in total. The van der Waals surface area contributed by atoms with Crippen molar-refractivity contribution < 1.29 is 27.5 Å². The van der Waals surface area contributed by atoms with Crippen LogP contribution in [0.4, 0.5) is 17.6 Å². The van der Waals surface area contributed by atoms with Gasteiger partial charge in [-0.25, -0.2) is 18.0 Å². The van der Waals surface area contributed by atoms with Gasteiger partial charge in [-0.15, -0.1) is 0 Å². The Balaban J connectivity index is 1.64. The van der Waals surface area contributed by atoms with Gasteiger partial charge in [0.05, 0.1) is 12.2 Å². The van der Waals surface area contributed by atoms with Gasteiger partial charge in [-0.05, 0) is 108 Å². The average molecular weight is 536 g/mol. The molecule has 3 aromatic rings. The molecule has 202 valence electrons. The second-order valence-electron chi connectivity index (χ2n) is 10.3. The number of likely N-dealkylation sites (tertiary alicyclic amines) is 1. The summed E-state index contributed by atoms with van der Waals surface area (Å²) in [4.78, 5) is 13.7. The number of carboxylic acid groups (broad SMARTS) is 1. The number of aromatic carboxylic acids is 1. The number of aryl methyl sites for hydroxylation is 2. The lowest BCUT2D eigenvalue weighted by molar-refractivity contribution is 0.0696. The van der Waals surface area contributed by atoms with Gasteiger partial charge in [0, 0.05) is 30.8 Å². The summed E-state index contributed by atoms with van der Waals surface area (Å²) in [6.07, 6.45) is 3.86. The van der Waals surface area contributed by atoms with Crippen molar-refractivity contribution in [3.8, 4) is 0 Å². The van der Waals surface area contributed by atoms with E-state index >= 15 is 8.78 Å². The number of carboxylic acids is 1. The number of alkyl halides is 1. The number of hydrogen-bond acceptors (Lipinski definition) is 2. The minimum absolute atomic E-state index is 0.0813. The number of carbonyl (C=O) groups is 1. The van der Waals surface area contributed by atoms with E-state index in [4.69, 9.17) is 0 Å². The number of halogens is 4. The van der Waals surface area contributed by atoms with E-state index in [2.05, 4.69) is 0 Å². The number of rotatable bonds is 7. The van der Waals surface area contributed by atoms with Gasteiger partial charge in [0.25, 0.3) is 0 Å². The van der Waals surface area contributed by atoms with Gasteiger partial charge in [0.2, 0.25) is 0 Å². The zero-order chi connectivity index (χ0) is 27.7. The van der Waals surface area contributed by atoms with E-state index < -0.39 is 17.6 Å². The molecule has 0 amide bonds. The lowest BCUT2D eigenvalue weighted by Crippen LogP contribution is -2.40. The van der Waals surface area contributed by atoms with Gasteiger partial charge in [0.1, 0.15) is 17.5 Å². The smallest absolute Gasteiger partial charge is 0.335 e. The molecule has 39 heavy (non-hydrogen) atoms. The van der Waals surface area contributed by atoms with Crippen molar-refractivity contribution >= 4 is 23.2 Å². The molecule has 0 saturated carbocycles. The van der Waals surface area contributed by atoms with Gasteiger partial charge in [-0.3, -0.25) is 9.29 Å². The highest BCUT2D eigenvalue weighted by Crippen LogP contribution is 2.42. The summed E-state index contributed by atoms with van der Waals surface area (Å²) in [6, 6.07) is 11.6. The summed E-state index contributed by atoms with van der Waals surface area (Å²) in [7, 11) is 0. The van der Waals surface area contributed by atoms with Crippen molar-refractivity contribution in [1.29, 1.82) is 0 Å². The van der Waals surface area contributed by atoms with Gasteiger partial charge in [-0.2, -0.15) is 0 Å². The number of benzene rings is 3. The predicted molar refractivity (Wildman–Crippen MR) is 145 cm³/mol. The summed E-state index contributed by atoms with van der Waals surface area (Å²) in [5.41, 5.74) is 5.37. The fourth-order valence-electron chi connectivity index (χ4n) is 5.61. The predicted octanol–water partition coefficient (Wildman–Crippen LogP) is 7.46. The monoisotopic (exact) mass is 535 g/mol. The van der Waals surface area contributed by atoms with Gasteiger partial charge in [0.15, 0.2) is 0 Å². The van der Waals surface area contributed by atoms with Gasteiger partial charge < -0.3 is 5.11 Å². The molecule has 1 saturated heterocycles. The largest absolute Gasteiger partial charge is 0.478 e. The van der Waals surface area contributed by atoms with E-state index in [0.717, 1.165) is 22.3 Å². The Hall–Kier alpha value is -3.71. The second-order valence-corrected chi connectivity index (χ2v) is 10.3. The van der Waals surface area contributed by atoms with Crippen molar-refractivity contribution in [2.45, 2.75) is 32.6 Å². The number of allylic oxidation sites excluding steroid dienone is 1. The van der Waals surface area contributed by atoms with Crippen LogP contribution in [0.5, 0.6) is 0 Å². The molecule has 2 aliphatic rings. The molecule has 0 unspecified atom stereocenters. The van der Waals surface area contributed by atoms with Crippen LogP contribution in [-0.2, 0) is 6.42 Å². The maximum absolute atomic E-state index is 15.9. The van der Waals surface area contributed by atoms with E-state index in [1.807, 2.05) is 4.90 Å². The molecule has 1 aliphatic carbocycles. The Kier molecular flexibility index (Phi) is 7.71. The lowest BCUT2D eigenvalue weighted by atomic mass is 9.85. The molecule has 1 fully saturated rings. The summed E-state index contributed by atoms with van der Waals surface area (Å²) in [5, 5.41) is 9.52. The molecule has 0 aromatic heterocycles. The van der Waals surface area contributed by atoms with Crippen LogP contribution in [0, 0.1) is 24.4 Å². The van der Waals surface area contributed by atoms with Crippen LogP contribution >= 0.6 is 0 Å². The molecular weight excluding hydrogens is 506 g/mol. The third kappa shape index (κ3) is 5.55. The standard InChI is InChI=1S/C32H29F4NO2/c1-19-12-24(34)7-9-25(19)27-5-2-4-21-14-22(32(38)39)6-8-26(21)31(27)28-16-29(35)23(15-30(28)36)13-20-17-37(18-20)11-3-10-33/h6-9,12-16H,2-5,10-11,17-18H2,1H3,(H,38,39). The maximum Gasteiger partial charge on any atom is 0.335 e. The third-order valence-electron chi connectivity index (χ3n) is 7.49. The molecule has 3 aromatic carbocycles. The zero-order valence-corrected chi connectivity index (χ0v) is 21.7. The molecule has 0 atom stereocenters. The highest BCUT2D eigenvalue weighted by Gasteiger charge is 2.26. The van der Waals surface area contributed by atoms with Crippen molar-refractivity contribution in [3.63, 3.8) is 0 Å². The molecule has 1 heterocycles. The van der Waals surface area contributed by atoms with E-state index in [1.54, 1.807) is 31.2 Å². The van der Waals surface area contributed by atoms with Crippen molar-refractivity contribution in [2.24, 2.45) is 0 Å². The molecule has 0 spiro atoms. The molecule has 5 rings (SSSR count). The zero-order valence-electron chi connectivity index (χ0n) is 21.7. The number of fused-ring (bicyclic) bond motifs is 1. The average Bonchev–Trinajstić information content (AvgIpc) is 3.06. The fourth-order valence-corrected chi connectivity index (χ4v) is 5.61. The Morgan fingerprint density at radius 3 is 2.44 bits per heavy atom. The SMILES string of the molecule is Cc1cc(F)ccc1C1=C(c2cc(F)c(C=C3CN(CCCF)C3)cc2F)c2ccc(C(=O)O)cc2CCC1. The molecule has 1 aliphatic heterocycles. The third-order valence-corrected chi connectivity index (χ3v) is 7.49. The Bertz CT molecular complexity index is 1500. The highest BCUT2D eigenvalue weighted by molar-refractivity contribution is 6.01. The highest BCUT2D eigenvalue weighted by atomic mass is 19.1. The van der Waals surface area contributed by atoms with E-state index in [-0.39, 0.29) is 29.2 Å². The van der Waals surface area contributed by atoms with Crippen LogP contribution in [-0.4, -0.2) is 42.3 Å². The molecule has 0 bridgehead atoms. The quantitative estimate of drug-likeness (QED) is 0.319. The summed E-state index contributed by atoms with van der Waals surface area (Å²) >= 11 is 0. The molecular formula is C32H29F4NO2. The van der Waals surface area contributed by atoms with Crippen LogP contribution in [0.1, 0.15) is 63.0 Å². The Morgan fingerprint density at radius 2 is 1.72 bits per heavy atom. The topological polar surface area (TPSA) is 40.5 Å². The van der Waals surface area contributed by atoms with Crippen LogP contribution in [0.3, 0.4) is 0 Å². The number of nitrogens with zero attached hydrogens (tertiary/aromatic N) is 1. The normalized spacial score (nSPS) is 15.6. The summed E-state index contributed by atoms with van der Waals surface area (Å²) < 4.78 is 57.7. The Morgan fingerprint density at radius 1 is 0.949 bits per heavy atom. The van der Waals surface area contributed by atoms with E-state index in [0.29, 0.717) is 62.0 Å². The minimum atomic E-state index is -1.06. The van der Waals surface area contributed by atoms with Gasteiger partial charge in [-0.1, -0.05) is 18.2 Å². The number of hydrogen-bond donors (Lipinski definition) is 1. The minimum Gasteiger partial charge on any atom is -0.478 e. The Labute approximate surface area is 225 Å². The van der Waals surface area contributed by atoms with Crippen LogP contribution < -0.4 is 0 Å². The summed E-state index contributed by atoms with van der Waals surface area (Å²) in [5.74, 6) is -2.61. The van der Waals surface area contributed by atoms with Crippen LogP contribution in [0.15, 0.2) is 54.1 Å². The van der Waals surface area contributed by atoms with Crippen LogP contribution in [0.2, 0.25) is 0 Å². The molecule has 1 N–H and O–H groups in total. The first-order valence-corrected chi connectivity index (χ1v) is 13.1. The summed E-state index contributed by atoms with van der Waals surface area (Å²) in [6.45, 7) is 3.23. The van der Waals surface area contributed by atoms with Crippen molar-refractivity contribution in [3.05, 3.63) is 110 Å². The fraction of sp³-hybridized carbons (Fsp3) is 0.281. The first-order valence-electron chi connectivity index (χ1n) is 13.1. The first kappa shape index (κ1) is 26.9. The lowest BCUT2D eigenvalue weighted by Gasteiger charge is -2.33. The molecule has 7 heteroatoms. The van der Waals surface area contributed by atoms with Crippen LogP contribution in [0.25, 0.3) is 17.2 Å².